The molecular weight excluding hydrogens is 316 g/mol. The van der Waals surface area contributed by atoms with Crippen molar-refractivity contribution in [2.75, 3.05) is 20.8 Å². The van der Waals surface area contributed by atoms with Crippen LogP contribution >= 0.6 is 11.6 Å². The fraction of sp³-hybridized carbons (Fsp3) is 0.353. The third-order valence-corrected chi connectivity index (χ3v) is 3.87. The lowest BCUT2D eigenvalue weighted by atomic mass is 10.1. The Morgan fingerprint density at radius 1 is 1.22 bits per heavy atom. The predicted octanol–water partition coefficient (Wildman–Crippen LogP) is 3.14. The molecule has 2 N–H and O–H groups in total. The number of halogens is 1. The third kappa shape index (κ3) is 4.58. The Bertz CT molecular complexity index is 651. The van der Waals surface area contributed by atoms with E-state index in [1.54, 1.807) is 44.7 Å². The van der Waals surface area contributed by atoms with Crippen LogP contribution in [0.4, 0.5) is 0 Å². The highest BCUT2D eigenvalue weighted by Gasteiger charge is 2.16. The fourth-order valence-corrected chi connectivity index (χ4v) is 2.49. The largest absolute Gasteiger partial charge is 0.497 e. The molecule has 0 aliphatic rings. The molecule has 2 atom stereocenters. The van der Waals surface area contributed by atoms with Gasteiger partial charge in [-0.1, -0.05) is 11.6 Å². The van der Waals surface area contributed by atoms with Crippen LogP contribution < -0.4 is 14.8 Å². The van der Waals surface area contributed by atoms with Crippen molar-refractivity contribution in [2.24, 2.45) is 0 Å². The van der Waals surface area contributed by atoms with Gasteiger partial charge in [0.15, 0.2) is 0 Å². The van der Waals surface area contributed by atoms with Gasteiger partial charge in [-0.2, -0.15) is 0 Å². The van der Waals surface area contributed by atoms with Gasteiger partial charge in [-0.15, -0.1) is 0 Å². The second kappa shape index (κ2) is 8.15. The van der Waals surface area contributed by atoms with E-state index in [0.717, 1.165) is 5.56 Å². The molecule has 23 heavy (non-hydrogen) atoms. The summed E-state index contributed by atoms with van der Waals surface area (Å²) in [4.78, 5) is 3.96. The lowest BCUT2D eigenvalue weighted by Crippen LogP contribution is -2.25. The number of aliphatic hydroxyl groups is 1. The number of nitrogens with one attached hydrogen (secondary N) is 1. The Balaban J connectivity index is 2.05. The zero-order valence-electron chi connectivity index (χ0n) is 13.4. The molecule has 2 rings (SSSR count). The average Bonchev–Trinajstić information content (AvgIpc) is 2.58. The van der Waals surface area contributed by atoms with Crippen LogP contribution in [0.3, 0.4) is 0 Å². The molecule has 0 aliphatic heterocycles. The van der Waals surface area contributed by atoms with Crippen molar-refractivity contribution in [3.63, 3.8) is 0 Å². The molecule has 0 spiro atoms. The number of methoxy groups -OCH3 is 2. The first-order valence-electron chi connectivity index (χ1n) is 7.30. The maximum atomic E-state index is 10.5. The number of aromatic nitrogens is 1. The van der Waals surface area contributed by atoms with Crippen LogP contribution in [0, 0.1) is 0 Å². The molecular formula is C17H21ClN2O3. The summed E-state index contributed by atoms with van der Waals surface area (Å²) >= 11 is 5.90. The predicted molar refractivity (Wildman–Crippen MR) is 90.2 cm³/mol. The quantitative estimate of drug-likeness (QED) is 0.760. The molecule has 0 radical (unpaired) electrons. The minimum Gasteiger partial charge on any atom is -0.497 e. The lowest BCUT2D eigenvalue weighted by Gasteiger charge is -2.20. The van der Waals surface area contributed by atoms with Crippen molar-refractivity contribution < 1.29 is 14.6 Å². The van der Waals surface area contributed by atoms with Crippen LogP contribution in [-0.4, -0.2) is 30.9 Å². The molecule has 6 heteroatoms. The maximum absolute atomic E-state index is 10.5. The summed E-state index contributed by atoms with van der Waals surface area (Å²) in [5.41, 5.74) is 1.69. The zero-order chi connectivity index (χ0) is 16.8. The molecule has 0 saturated heterocycles. The summed E-state index contributed by atoms with van der Waals surface area (Å²) in [6, 6.07) is 9.08. The Hall–Kier alpha value is -1.82. The molecule has 0 fully saturated rings. The Labute approximate surface area is 141 Å². The van der Waals surface area contributed by atoms with Gasteiger partial charge in [0.2, 0.25) is 0 Å². The van der Waals surface area contributed by atoms with Gasteiger partial charge in [0, 0.05) is 24.3 Å². The molecule has 124 valence electrons. The number of rotatable bonds is 7. The number of hydrogen-bond acceptors (Lipinski definition) is 5. The summed E-state index contributed by atoms with van der Waals surface area (Å²) in [7, 11) is 3.17. The monoisotopic (exact) mass is 336 g/mol. The molecule has 0 aliphatic carbocycles. The third-order valence-electron chi connectivity index (χ3n) is 3.66. The van der Waals surface area contributed by atoms with Crippen molar-refractivity contribution in [1.82, 2.24) is 10.3 Å². The van der Waals surface area contributed by atoms with Crippen LogP contribution in [0.1, 0.15) is 30.2 Å². The van der Waals surface area contributed by atoms with Crippen molar-refractivity contribution in [3.05, 3.63) is 52.8 Å². The van der Waals surface area contributed by atoms with E-state index in [0.29, 0.717) is 28.8 Å². The smallest absolute Gasteiger partial charge is 0.129 e. The first kappa shape index (κ1) is 17.5. The van der Waals surface area contributed by atoms with E-state index in [2.05, 4.69) is 10.3 Å². The lowest BCUT2D eigenvalue weighted by molar-refractivity contribution is 0.166. The highest BCUT2D eigenvalue weighted by molar-refractivity contribution is 6.29. The molecule has 0 bridgehead atoms. The fourth-order valence-electron chi connectivity index (χ4n) is 2.30. The first-order valence-corrected chi connectivity index (χ1v) is 7.67. The summed E-state index contributed by atoms with van der Waals surface area (Å²) < 4.78 is 10.5. The Morgan fingerprint density at radius 2 is 2.00 bits per heavy atom. The minimum absolute atomic E-state index is 0.0294. The standard InChI is InChI=1S/C17H21ClN2O3/c1-11(12-6-7-19-17(18)8-12)20-10-15(21)14-9-13(22-2)4-5-16(14)23-3/h4-9,11,15,20-21H,10H2,1-3H3. The SMILES string of the molecule is COc1ccc(OC)c(C(O)CNC(C)c2ccnc(Cl)c2)c1. The average molecular weight is 337 g/mol. The van der Waals surface area contributed by atoms with Crippen molar-refractivity contribution in [1.29, 1.82) is 0 Å². The molecule has 1 heterocycles. The van der Waals surface area contributed by atoms with Gasteiger partial charge in [-0.05, 0) is 42.8 Å². The highest BCUT2D eigenvalue weighted by atomic mass is 35.5. The zero-order valence-corrected chi connectivity index (χ0v) is 14.2. The number of pyridine rings is 1. The molecule has 2 aromatic rings. The Morgan fingerprint density at radius 3 is 2.65 bits per heavy atom. The number of nitrogens with zero attached hydrogens (tertiary/aromatic N) is 1. The highest BCUT2D eigenvalue weighted by Crippen LogP contribution is 2.29. The molecule has 0 saturated carbocycles. The summed E-state index contributed by atoms with van der Waals surface area (Å²) in [5, 5.41) is 14.2. The summed E-state index contributed by atoms with van der Waals surface area (Å²) in [5.74, 6) is 1.30. The van der Waals surface area contributed by atoms with E-state index in [1.165, 1.54) is 0 Å². The van der Waals surface area contributed by atoms with Gasteiger partial charge in [0.25, 0.3) is 0 Å². The first-order chi connectivity index (χ1) is 11.0. The van der Waals surface area contributed by atoms with Gasteiger partial charge in [-0.3, -0.25) is 0 Å². The summed E-state index contributed by atoms with van der Waals surface area (Å²) in [6.07, 6.45) is 0.942. The Kier molecular flexibility index (Phi) is 6.21. The topological polar surface area (TPSA) is 63.6 Å². The van der Waals surface area contributed by atoms with Crippen LogP contribution in [0.25, 0.3) is 0 Å². The van der Waals surface area contributed by atoms with Gasteiger partial charge in [0.05, 0.1) is 20.3 Å². The van der Waals surface area contributed by atoms with E-state index >= 15 is 0 Å². The van der Waals surface area contributed by atoms with Crippen LogP contribution in [-0.2, 0) is 0 Å². The maximum Gasteiger partial charge on any atom is 0.129 e. The van der Waals surface area contributed by atoms with E-state index in [1.807, 2.05) is 13.0 Å². The molecule has 2 unspecified atom stereocenters. The molecule has 1 aromatic heterocycles. The second-order valence-corrected chi connectivity index (χ2v) is 5.55. The molecule has 5 nitrogen and oxygen atoms in total. The van der Waals surface area contributed by atoms with Crippen molar-refractivity contribution >= 4 is 11.6 Å². The van der Waals surface area contributed by atoms with Crippen LogP contribution in [0.15, 0.2) is 36.5 Å². The number of aliphatic hydroxyl groups excluding tert-OH is 1. The van der Waals surface area contributed by atoms with Gasteiger partial charge >= 0.3 is 0 Å². The second-order valence-electron chi connectivity index (χ2n) is 5.17. The number of benzene rings is 1. The van der Waals surface area contributed by atoms with Crippen LogP contribution in [0.2, 0.25) is 5.15 Å². The number of ether oxygens (including phenoxy) is 2. The van der Waals surface area contributed by atoms with E-state index < -0.39 is 6.10 Å². The van der Waals surface area contributed by atoms with Crippen molar-refractivity contribution in [2.45, 2.75) is 19.1 Å². The number of hydrogen-bond donors (Lipinski definition) is 2. The van der Waals surface area contributed by atoms with Crippen LogP contribution in [0.5, 0.6) is 11.5 Å². The minimum atomic E-state index is -0.722. The van der Waals surface area contributed by atoms with Gasteiger partial charge in [0.1, 0.15) is 16.7 Å². The van der Waals surface area contributed by atoms with E-state index in [9.17, 15) is 5.11 Å². The van der Waals surface area contributed by atoms with Gasteiger partial charge in [-0.25, -0.2) is 4.98 Å². The molecule has 0 amide bonds. The van der Waals surface area contributed by atoms with Gasteiger partial charge < -0.3 is 19.9 Å². The summed E-state index contributed by atoms with van der Waals surface area (Å²) in [6.45, 7) is 2.37. The normalized spacial score (nSPS) is 13.4. The van der Waals surface area contributed by atoms with E-state index in [4.69, 9.17) is 21.1 Å². The molecule has 1 aromatic carbocycles. The van der Waals surface area contributed by atoms with E-state index in [-0.39, 0.29) is 6.04 Å². The van der Waals surface area contributed by atoms with Crippen molar-refractivity contribution in [3.8, 4) is 11.5 Å².